The van der Waals surface area contributed by atoms with Crippen molar-refractivity contribution in [2.45, 2.75) is 96.5 Å². The maximum atomic E-state index is 11.2. The first-order valence-corrected chi connectivity index (χ1v) is 11.2. The van der Waals surface area contributed by atoms with E-state index >= 15 is 0 Å². The summed E-state index contributed by atoms with van der Waals surface area (Å²) in [4.78, 5) is 11.2. The average molecular weight is 415 g/mol. The number of esters is 1. The normalized spacial score (nSPS) is 12.2. The van der Waals surface area contributed by atoms with E-state index in [9.17, 15) is 17.8 Å². The van der Waals surface area contributed by atoms with Crippen molar-refractivity contribution in [1.82, 2.24) is 0 Å². The van der Waals surface area contributed by atoms with E-state index in [0.717, 1.165) is 25.3 Å². The van der Waals surface area contributed by atoms with Crippen LogP contribution in [-0.2, 0) is 19.6 Å². The summed E-state index contributed by atoms with van der Waals surface area (Å²) in [6.07, 6.45) is 15.0. The molecule has 0 aromatic carbocycles. The van der Waals surface area contributed by atoms with Crippen LogP contribution < -0.4 is 51.4 Å². The fourth-order valence-electron chi connectivity index (χ4n) is 2.83. The molecule has 1 atom stereocenters. The van der Waals surface area contributed by atoms with Crippen molar-refractivity contribution >= 4 is 16.1 Å². The van der Waals surface area contributed by atoms with E-state index in [1.54, 1.807) is 0 Å². The zero-order valence-corrected chi connectivity index (χ0v) is 20.7. The molecule has 26 heavy (non-hydrogen) atoms. The molecule has 5 nitrogen and oxygen atoms in total. The standard InChI is InChI=1S/C19H36O5S.K/c1-3-5-6-7-8-9-10-11-12-13-14-15-16-18(17-25(21,22)23)24-19(20)4-2;/h4,18H,2-3,5-17H2,1H3,(H,21,22,23);/q;+1/p-1. The summed E-state index contributed by atoms with van der Waals surface area (Å²) in [5, 5.41) is 0. The quantitative estimate of drug-likeness (QED) is 0.119. The summed E-state index contributed by atoms with van der Waals surface area (Å²) in [6.45, 7) is 5.50. The van der Waals surface area contributed by atoms with Gasteiger partial charge in [0.05, 0.1) is 15.9 Å². The molecule has 0 radical (unpaired) electrons. The van der Waals surface area contributed by atoms with E-state index in [-0.39, 0.29) is 51.4 Å². The zero-order chi connectivity index (χ0) is 19.0. The van der Waals surface area contributed by atoms with Crippen molar-refractivity contribution in [2.24, 2.45) is 0 Å². The molecule has 0 saturated carbocycles. The minimum atomic E-state index is -4.40. The number of carbonyl (C=O) groups excluding carboxylic acids is 1. The van der Waals surface area contributed by atoms with Crippen LogP contribution in [0, 0.1) is 0 Å². The second kappa shape index (κ2) is 19.1. The zero-order valence-electron chi connectivity index (χ0n) is 16.7. The third kappa shape index (κ3) is 21.1. The molecular weight excluding hydrogens is 379 g/mol. The first kappa shape index (κ1) is 29.0. The Kier molecular flexibility index (Phi) is 21.3. The van der Waals surface area contributed by atoms with Gasteiger partial charge in [-0.25, -0.2) is 13.2 Å². The van der Waals surface area contributed by atoms with Gasteiger partial charge in [0.1, 0.15) is 6.10 Å². The van der Waals surface area contributed by atoms with Gasteiger partial charge in [0.15, 0.2) is 0 Å². The Bertz CT molecular complexity index is 451. The van der Waals surface area contributed by atoms with E-state index in [1.165, 1.54) is 57.8 Å². The number of hydrogen-bond donors (Lipinski definition) is 0. The van der Waals surface area contributed by atoms with Gasteiger partial charge in [0.25, 0.3) is 0 Å². The van der Waals surface area contributed by atoms with Crippen LogP contribution in [0.3, 0.4) is 0 Å². The maximum Gasteiger partial charge on any atom is 1.00 e. The van der Waals surface area contributed by atoms with Gasteiger partial charge in [-0.3, -0.25) is 0 Å². The largest absolute Gasteiger partial charge is 1.00 e. The van der Waals surface area contributed by atoms with Crippen molar-refractivity contribution in [3.63, 3.8) is 0 Å². The molecule has 0 aromatic heterocycles. The topological polar surface area (TPSA) is 83.5 Å². The third-order valence-corrected chi connectivity index (χ3v) is 5.00. The number of carbonyl (C=O) groups is 1. The molecule has 0 fully saturated rings. The van der Waals surface area contributed by atoms with Gasteiger partial charge >= 0.3 is 57.4 Å². The predicted octanol–water partition coefficient (Wildman–Crippen LogP) is 1.72. The average Bonchev–Trinajstić information content (AvgIpc) is 2.54. The van der Waals surface area contributed by atoms with E-state index in [1.807, 2.05) is 0 Å². The molecule has 0 N–H and O–H groups in total. The van der Waals surface area contributed by atoms with Crippen molar-refractivity contribution in [1.29, 1.82) is 0 Å². The van der Waals surface area contributed by atoms with E-state index in [2.05, 4.69) is 13.5 Å². The molecule has 7 heteroatoms. The summed E-state index contributed by atoms with van der Waals surface area (Å²) in [6, 6.07) is 0. The number of unbranched alkanes of at least 4 members (excludes halogenated alkanes) is 11. The Morgan fingerprint density at radius 2 is 1.38 bits per heavy atom. The number of ether oxygens (including phenoxy) is 1. The van der Waals surface area contributed by atoms with Gasteiger partial charge in [0, 0.05) is 6.08 Å². The fraction of sp³-hybridized carbons (Fsp3) is 0.842. The summed E-state index contributed by atoms with van der Waals surface area (Å²) in [7, 11) is -4.40. The van der Waals surface area contributed by atoms with Crippen molar-refractivity contribution in [3.8, 4) is 0 Å². The monoisotopic (exact) mass is 414 g/mol. The fourth-order valence-corrected chi connectivity index (χ4v) is 3.52. The molecule has 0 rings (SSSR count). The van der Waals surface area contributed by atoms with Crippen LogP contribution in [-0.4, -0.2) is 30.8 Å². The molecule has 0 saturated heterocycles. The Morgan fingerprint density at radius 3 is 1.77 bits per heavy atom. The number of rotatable bonds is 17. The molecule has 0 aliphatic rings. The Balaban J connectivity index is 0. The maximum absolute atomic E-state index is 11.2. The molecule has 0 aliphatic heterocycles. The van der Waals surface area contributed by atoms with Crippen molar-refractivity contribution in [2.75, 3.05) is 5.75 Å². The second-order valence-corrected chi connectivity index (χ2v) is 8.11. The first-order chi connectivity index (χ1) is 11.9. The van der Waals surface area contributed by atoms with Crippen LogP contribution in [0.5, 0.6) is 0 Å². The van der Waals surface area contributed by atoms with Gasteiger partial charge in [-0.15, -0.1) is 0 Å². The van der Waals surface area contributed by atoms with Crippen molar-refractivity contribution < 1.29 is 73.9 Å². The Labute approximate surface area is 202 Å². The molecule has 0 amide bonds. The molecule has 0 aliphatic carbocycles. The Hall–Kier alpha value is 0.756. The summed E-state index contributed by atoms with van der Waals surface area (Å²) < 4.78 is 37.5. The summed E-state index contributed by atoms with van der Waals surface area (Å²) in [5.41, 5.74) is 0. The first-order valence-electron chi connectivity index (χ1n) is 9.65. The predicted molar refractivity (Wildman–Crippen MR) is 100 cm³/mol. The van der Waals surface area contributed by atoms with Gasteiger partial charge in [-0.2, -0.15) is 0 Å². The SMILES string of the molecule is C=CC(=O)OC(CCCCCCCCCCCCCC)CS(=O)(=O)[O-].[K+]. The third-order valence-electron chi connectivity index (χ3n) is 4.22. The summed E-state index contributed by atoms with van der Waals surface area (Å²) >= 11 is 0. The smallest absolute Gasteiger partial charge is 0.748 e. The van der Waals surface area contributed by atoms with Crippen LogP contribution in [0.25, 0.3) is 0 Å². The minimum absolute atomic E-state index is 0. The Morgan fingerprint density at radius 1 is 0.962 bits per heavy atom. The molecule has 0 heterocycles. The van der Waals surface area contributed by atoms with E-state index in [0.29, 0.717) is 6.42 Å². The molecular formula is C19H35KO5S. The van der Waals surface area contributed by atoms with Crippen LogP contribution >= 0.6 is 0 Å². The molecule has 0 spiro atoms. The molecule has 148 valence electrons. The molecule has 1 unspecified atom stereocenters. The van der Waals surface area contributed by atoms with E-state index < -0.39 is 27.9 Å². The van der Waals surface area contributed by atoms with Crippen LogP contribution in [0.4, 0.5) is 0 Å². The second-order valence-electron chi connectivity index (χ2n) is 6.67. The number of hydrogen-bond acceptors (Lipinski definition) is 5. The van der Waals surface area contributed by atoms with Crippen LogP contribution in [0.15, 0.2) is 12.7 Å². The molecule has 0 aromatic rings. The van der Waals surface area contributed by atoms with Gasteiger partial charge in [-0.1, -0.05) is 84.1 Å². The van der Waals surface area contributed by atoms with Gasteiger partial charge < -0.3 is 9.29 Å². The minimum Gasteiger partial charge on any atom is -0.748 e. The van der Waals surface area contributed by atoms with Gasteiger partial charge in [-0.05, 0) is 12.8 Å². The molecule has 0 bridgehead atoms. The van der Waals surface area contributed by atoms with E-state index in [4.69, 9.17) is 4.74 Å². The van der Waals surface area contributed by atoms with Crippen LogP contribution in [0.1, 0.15) is 90.4 Å². The van der Waals surface area contributed by atoms with Crippen molar-refractivity contribution in [3.05, 3.63) is 12.7 Å². The van der Waals surface area contributed by atoms with Gasteiger partial charge in [0.2, 0.25) is 0 Å². The van der Waals surface area contributed by atoms with Crippen LogP contribution in [0.2, 0.25) is 0 Å². The summed E-state index contributed by atoms with van der Waals surface area (Å²) in [5.74, 6) is -1.35.